The molecule has 6 rings (SSSR count). The maximum atomic E-state index is 11.9. The summed E-state index contributed by atoms with van der Waals surface area (Å²) >= 11 is 1.36. The highest BCUT2D eigenvalue weighted by atomic mass is 32.1. The Morgan fingerprint density at radius 3 is 2.24 bits per heavy atom. The lowest BCUT2D eigenvalue weighted by Crippen LogP contribution is -2.17. The molecule has 228 valence electrons. The van der Waals surface area contributed by atoms with E-state index in [-0.39, 0.29) is 11.4 Å². The molecule has 1 aliphatic heterocycles. The van der Waals surface area contributed by atoms with Crippen molar-refractivity contribution in [2.75, 3.05) is 26.3 Å². The first-order chi connectivity index (χ1) is 21.8. The quantitative estimate of drug-likeness (QED) is 0.114. The zero-order valence-corrected chi connectivity index (χ0v) is 25.0. The number of furan rings is 1. The van der Waals surface area contributed by atoms with Crippen molar-refractivity contribution in [3.63, 3.8) is 0 Å². The normalized spacial score (nSPS) is 14.2. The standard InChI is InChI=1S/C31H25N5O8S/c1-41-20-9-11-23(26(14-20)36(39)40)28-12-13-29(44-28)27-16-24(22-10-8-21(42-2)15-30(22)43-3)33-34(27)31-32-25(17-45-31)18-4-6-19(7-5-18)35(37)38/h4-15,17,27H,16H2,1-3H3. The van der Waals surface area contributed by atoms with Crippen LogP contribution in [0.15, 0.2) is 87.7 Å². The zero-order valence-electron chi connectivity index (χ0n) is 24.2. The van der Waals surface area contributed by atoms with Crippen molar-refractivity contribution in [1.29, 1.82) is 0 Å². The van der Waals surface area contributed by atoms with Gasteiger partial charge < -0.3 is 18.6 Å². The molecular weight excluding hydrogens is 602 g/mol. The summed E-state index contributed by atoms with van der Waals surface area (Å²) in [7, 11) is 4.59. The molecule has 3 heterocycles. The fraction of sp³-hybridized carbons (Fsp3) is 0.161. The molecule has 1 aliphatic rings. The molecule has 0 bridgehead atoms. The second-order valence-electron chi connectivity index (χ2n) is 9.84. The number of aromatic nitrogens is 1. The molecule has 13 nitrogen and oxygen atoms in total. The minimum atomic E-state index is -0.478. The van der Waals surface area contributed by atoms with E-state index in [1.807, 2.05) is 17.5 Å². The van der Waals surface area contributed by atoms with E-state index in [0.717, 1.165) is 5.56 Å². The van der Waals surface area contributed by atoms with Crippen LogP contribution in [0.3, 0.4) is 0 Å². The highest BCUT2D eigenvalue weighted by Crippen LogP contribution is 2.43. The molecule has 45 heavy (non-hydrogen) atoms. The van der Waals surface area contributed by atoms with Crippen LogP contribution >= 0.6 is 11.3 Å². The van der Waals surface area contributed by atoms with E-state index < -0.39 is 15.9 Å². The van der Waals surface area contributed by atoms with Gasteiger partial charge in [-0.15, -0.1) is 11.3 Å². The topological polar surface area (TPSA) is 156 Å². The van der Waals surface area contributed by atoms with E-state index in [1.54, 1.807) is 61.7 Å². The lowest BCUT2D eigenvalue weighted by molar-refractivity contribution is -0.384. The molecule has 1 atom stereocenters. The summed E-state index contributed by atoms with van der Waals surface area (Å²) in [6.07, 6.45) is 0.410. The number of nitro groups is 2. The van der Waals surface area contributed by atoms with Crippen molar-refractivity contribution < 1.29 is 28.5 Å². The molecule has 14 heteroatoms. The van der Waals surface area contributed by atoms with Crippen molar-refractivity contribution in [2.24, 2.45) is 5.10 Å². The Kier molecular flexibility index (Phi) is 7.87. The second-order valence-corrected chi connectivity index (χ2v) is 10.7. The van der Waals surface area contributed by atoms with E-state index in [4.69, 9.17) is 28.7 Å². The van der Waals surface area contributed by atoms with E-state index >= 15 is 0 Å². The number of thiazole rings is 1. The molecule has 0 radical (unpaired) electrons. The zero-order chi connectivity index (χ0) is 31.7. The Labute approximate surface area is 260 Å². The average Bonchev–Trinajstić information content (AvgIpc) is 3.84. The Morgan fingerprint density at radius 2 is 1.58 bits per heavy atom. The van der Waals surface area contributed by atoms with Gasteiger partial charge >= 0.3 is 0 Å². The number of hydrogen-bond donors (Lipinski definition) is 0. The first kappa shape index (κ1) is 29.3. The minimum absolute atomic E-state index is 0.0118. The maximum absolute atomic E-state index is 11.9. The van der Waals surface area contributed by atoms with Crippen LogP contribution in [-0.4, -0.2) is 41.9 Å². The molecule has 0 spiro atoms. The van der Waals surface area contributed by atoms with Gasteiger partial charge in [-0.1, -0.05) is 0 Å². The molecule has 3 aromatic carbocycles. The molecule has 0 saturated carbocycles. The third-order valence-electron chi connectivity index (χ3n) is 7.31. The summed E-state index contributed by atoms with van der Waals surface area (Å²) in [5.41, 5.74) is 2.96. The second kappa shape index (κ2) is 12.1. The van der Waals surface area contributed by atoms with Crippen molar-refractivity contribution in [3.05, 3.63) is 110 Å². The highest BCUT2D eigenvalue weighted by Gasteiger charge is 2.35. The molecule has 0 amide bonds. The van der Waals surface area contributed by atoms with Crippen LogP contribution in [0, 0.1) is 20.2 Å². The molecule has 0 saturated heterocycles. The van der Waals surface area contributed by atoms with Crippen LogP contribution in [0.2, 0.25) is 0 Å². The van der Waals surface area contributed by atoms with Gasteiger partial charge in [-0.3, -0.25) is 20.2 Å². The van der Waals surface area contributed by atoms with E-state index in [2.05, 4.69) is 0 Å². The molecule has 0 N–H and O–H groups in total. The molecular formula is C31H25N5O8S. The largest absolute Gasteiger partial charge is 0.497 e. The van der Waals surface area contributed by atoms with Gasteiger partial charge in [0, 0.05) is 41.1 Å². The van der Waals surface area contributed by atoms with Gasteiger partial charge in [-0.25, -0.2) is 9.99 Å². The minimum Gasteiger partial charge on any atom is -0.497 e. The summed E-state index contributed by atoms with van der Waals surface area (Å²) in [6.45, 7) is 0. The fourth-order valence-electron chi connectivity index (χ4n) is 5.04. The third-order valence-corrected chi connectivity index (χ3v) is 8.14. The van der Waals surface area contributed by atoms with Crippen LogP contribution < -0.4 is 19.2 Å². The molecule has 1 unspecified atom stereocenters. The summed E-state index contributed by atoms with van der Waals surface area (Å²) in [5.74, 6) is 2.41. The van der Waals surface area contributed by atoms with Crippen molar-refractivity contribution >= 4 is 33.6 Å². The predicted octanol–water partition coefficient (Wildman–Crippen LogP) is 7.27. The van der Waals surface area contributed by atoms with Gasteiger partial charge in [0.2, 0.25) is 5.13 Å². The summed E-state index contributed by atoms with van der Waals surface area (Å²) in [6, 6.07) is 19.2. The lowest BCUT2D eigenvalue weighted by Gasteiger charge is -2.18. The van der Waals surface area contributed by atoms with E-state index in [0.29, 0.717) is 62.9 Å². The Hall–Kier alpha value is -5.76. The van der Waals surface area contributed by atoms with Crippen LogP contribution in [0.1, 0.15) is 23.8 Å². The number of rotatable bonds is 10. The molecule has 0 fully saturated rings. The first-order valence-electron chi connectivity index (χ1n) is 13.5. The predicted molar refractivity (Wildman–Crippen MR) is 167 cm³/mol. The number of nitrogens with zero attached hydrogens (tertiary/aromatic N) is 5. The molecule has 2 aromatic heterocycles. The monoisotopic (exact) mass is 627 g/mol. The van der Waals surface area contributed by atoms with Crippen LogP contribution in [0.5, 0.6) is 17.2 Å². The summed E-state index contributed by atoms with van der Waals surface area (Å²) < 4.78 is 22.5. The van der Waals surface area contributed by atoms with Gasteiger partial charge in [-0.05, 0) is 48.5 Å². The van der Waals surface area contributed by atoms with Gasteiger partial charge in [0.1, 0.15) is 34.8 Å². The van der Waals surface area contributed by atoms with Gasteiger partial charge in [0.05, 0.1) is 54.2 Å². The lowest BCUT2D eigenvalue weighted by atomic mass is 10.0. The van der Waals surface area contributed by atoms with Crippen molar-refractivity contribution in [1.82, 2.24) is 4.98 Å². The number of nitro benzene ring substituents is 2. The Morgan fingerprint density at radius 1 is 0.867 bits per heavy atom. The van der Waals surface area contributed by atoms with Crippen molar-refractivity contribution in [2.45, 2.75) is 12.5 Å². The number of non-ortho nitro benzene ring substituents is 1. The SMILES string of the molecule is COc1ccc(C2=NN(c3nc(-c4ccc([N+](=O)[O-])cc4)cs3)C(c3ccc(-c4ccc(OC)cc4[N+](=O)[O-])o3)C2)c(OC)c1. The van der Waals surface area contributed by atoms with Gasteiger partial charge in [0.25, 0.3) is 11.4 Å². The number of benzene rings is 3. The third kappa shape index (κ3) is 5.65. The number of ether oxygens (including phenoxy) is 3. The molecule has 0 aliphatic carbocycles. The first-order valence-corrected chi connectivity index (χ1v) is 14.4. The average molecular weight is 628 g/mol. The van der Waals surface area contributed by atoms with Crippen LogP contribution in [0.4, 0.5) is 16.5 Å². The maximum Gasteiger partial charge on any atom is 0.284 e. The smallest absolute Gasteiger partial charge is 0.284 e. The summed E-state index contributed by atoms with van der Waals surface area (Å²) in [5, 5.41) is 32.1. The van der Waals surface area contributed by atoms with Crippen LogP contribution in [0.25, 0.3) is 22.6 Å². The number of methoxy groups -OCH3 is 3. The summed E-state index contributed by atoms with van der Waals surface area (Å²) in [4.78, 5) is 26.8. The van der Waals surface area contributed by atoms with E-state index in [9.17, 15) is 20.2 Å². The van der Waals surface area contributed by atoms with Crippen LogP contribution in [-0.2, 0) is 0 Å². The van der Waals surface area contributed by atoms with E-state index in [1.165, 1.54) is 36.6 Å². The Balaban J connectivity index is 1.40. The highest BCUT2D eigenvalue weighted by molar-refractivity contribution is 7.14. The van der Waals surface area contributed by atoms with Crippen molar-refractivity contribution in [3.8, 4) is 39.8 Å². The number of anilines is 1. The van der Waals surface area contributed by atoms with Gasteiger partial charge in [0.15, 0.2) is 0 Å². The molecule has 5 aromatic rings. The number of hydrazone groups is 1. The Bertz CT molecular complexity index is 1930. The van der Waals surface area contributed by atoms with Gasteiger partial charge in [-0.2, -0.15) is 5.10 Å². The fourth-order valence-corrected chi connectivity index (χ4v) is 5.87. The number of hydrogen-bond acceptors (Lipinski definition) is 12.